The molecule has 0 rings (SSSR count). The molecule has 274 valence electrons. The van der Waals surface area contributed by atoms with Crippen molar-refractivity contribution in [3.63, 3.8) is 0 Å². The van der Waals surface area contributed by atoms with Crippen LogP contribution in [0.3, 0.4) is 0 Å². The van der Waals surface area contributed by atoms with Crippen molar-refractivity contribution >= 4 is 17.5 Å². The average molecular weight is 663 g/mol. The van der Waals surface area contributed by atoms with E-state index in [1.807, 2.05) is 0 Å². The SMILES string of the molecule is CCCCCCCCC=CCCCCCCCC(=O)OC(C(C)=O)(C(=O)CCCCCCCC=CCCCCCCCC)C(O)CO. The lowest BCUT2D eigenvalue weighted by atomic mass is 9.85. The van der Waals surface area contributed by atoms with Crippen LogP contribution in [0.5, 0.6) is 0 Å². The maximum absolute atomic E-state index is 13.2. The molecule has 2 N–H and O–H groups in total. The molecule has 2 atom stereocenters. The first-order valence-electron chi connectivity index (χ1n) is 19.7. The highest BCUT2D eigenvalue weighted by Gasteiger charge is 2.52. The van der Waals surface area contributed by atoms with Crippen molar-refractivity contribution in [1.82, 2.24) is 0 Å². The molecule has 0 aliphatic heterocycles. The molecule has 0 fully saturated rings. The van der Waals surface area contributed by atoms with Crippen LogP contribution in [0.15, 0.2) is 24.3 Å². The molecule has 6 heteroatoms. The molecule has 0 saturated heterocycles. The summed E-state index contributed by atoms with van der Waals surface area (Å²) in [6.07, 6.45) is 37.0. The molecule has 0 amide bonds. The fraction of sp³-hybridized carbons (Fsp3) is 0.829. The number of hydrogen-bond donors (Lipinski definition) is 2. The van der Waals surface area contributed by atoms with Crippen molar-refractivity contribution in [2.24, 2.45) is 0 Å². The normalized spacial score (nSPS) is 13.7. The molecule has 6 nitrogen and oxygen atoms in total. The zero-order valence-electron chi connectivity index (χ0n) is 30.9. The van der Waals surface area contributed by atoms with Gasteiger partial charge in [0.1, 0.15) is 6.10 Å². The minimum absolute atomic E-state index is 0.0233. The lowest BCUT2D eigenvalue weighted by Crippen LogP contribution is -2.59. The Labute approximate surface area is 289 Å². The second-order valence-corrected chi connectivity index (χ2v) is 13.6. The molecular formula is C41H74O6. The minimum atomic E-state index is -2.32. The maximum Gasteiger partial charge on any atom is 0.307 e. The van der Waals surface area contributed by atoms with Crippen LogP contribution in [0.1, 0.15) is 201 Å². The highest BCUT2D eigenvalue weighted by molar-refractivity contribution is 6.11. The van der Waals surface area contributed by atoms with E-state index in [2.05, 4.69) is 38.2 Å². The smallest absolute Gasteiger partial charge is 0.307 e. The first kappa shape index (κ1) is 45.2. The zero-order valence-corrected chi connectivity index (χ0v) is 30.9. The lowest BCUT2D eigenvalue weighted by Gasteiger charge is -2.33. The van der Waals surface area contributed by atoms with E-state index in [1.165, 1.54) is 83.5 Å². The van der Waals surface area contributed by atoms with E-state index in [-0.39, 0.29) is 12.8 Å². The van der Waals surface area contributed by atoms with Crippen LogP contribution in [0, 0.1) is 0 Å². The van der Waals surface area contributed by atoms with Crippen LogP contribution < -0.4 is 0 Å². The highest BCUT2D eigenvalue weighted by atomic mass is 16.6. The summed E-state index contributed by atoms with van der Waals surface area (Å²) in [6, 6.07) is 0. The predicted molar refractivity (Wildman–Crippen MR) is 197 cm³/mol. The van der Waals surface area contributed by atoms with Crippen LogP contribution in [-0.2, 0) is 19.1 Å². The molecule has 0 saturated carbocycles. The molecule has 0 aromatic heterocycles. The number of unbranched alkanes of at least 4 members (excludes halogenated alkanes) is 22. The Morgan fingerprint density at radius 3 is 1.26 bits per heavy atom. The first-order valence-corrected chi connectivity index (χ1v) is 19.7. The Balaban J connectivity index is 4.26. The summed E-state index contributed by atoms with van der Waals surface area (Å²) < 4.78 is 5.44. The fourth-order valence-electron chi connectivity index (χ4n) is 6.05. The van der Waals surface area contributed by atoms with Gasteiger partial charge in [0.15, 0.2) is 11.6 Å². The van der Waals surface area contributed by atoms with Gasteiger partial charge in [0.05, 0.1) is 6.61 Å². The second-order valence-electron chi connectivity index (χ2n) is 13.6. The van der Waals surface area contributed by atoms with Crippen molar-refractivity contribution in [1.29, 1.82) is 0 Å². The molecule has 2 unspecified atom stereocenters. The van der Waals surface area contributed by atoms with Gasteiger partial charge in [-0.3, -0.25) is 14.4 Å². The summed E-state index contributed by atoms with van der Waals surface area (Å²) in [5.74, 6) is -2.04. The van der Waals surface area contributed by atoms with Crippen LogP contribution in [0.4, 0.5) is 0 Å². The summed E-state index contributed by atoms with van der Waals surface area (Å²) in [5, 5.41) is 20.2. The van der Waals surface area contributed by atoms with E-state index < -0.39 is 35.8 Å². The third kappa shape index (κ3) is 24.1. The summed E-state index contributed by atoms with van der Waals surface area (Å²) in [4.78, 5) is 38.5. The number of Topliss-reactive ketones (excluding diaryl/α,β-unsaturated/α-hetero) is 2. The summed E-state index contributed by atoms with van der Waals surface area (Å²) in [7, 11) is 0. The van der Waals surface area contributed by atoms with Crippen LogP contribution >= 0.6 is 0 Å². The second kappa shape index (κ2) is 32.7. The number of rotatable bonds is 35. The van der Waals surface area contributed by atoms with E-state index in [0.717, 1.165) is 77.6 Å². The van der Waals surface area contributed by atoms with E-state index in [1.54, 1.807) is 0 Å². The third-order valence-electron chi connectivity index (χ3n) is 9.16. The largest absolute Gasteiger partial charge is 0.440 e. The van der Waals surface area contributed by atoms with E-state index in [4.69, 9.17) is 4.74 Å². The molecule has 0 spiro atoms. The molecule has 0 heterocycles. The monoisotopic (exact) mass is 663 g/mol. The fourth-order valence-corrected chi connectivity index (χ4v) is 6.05. The van der Waals surface area contributed by atoms with Gasteiger partial charge in [-0.15, -0.1) is 0 Å². The Hall–Kier alpha value is -1.79. The molecule has 0 aliphatic carbocycles. The van der Waals surface area contributed by atoms with Gasteiger partial charge in [-0.1, -0.05) is 141 Å². The van der Waals surface area contributed by atoms with E-state index >= 15 is 0 Å². The summed E-state index contributed by atoms with van der Waals surface area (Å²) in [6.45, 7) is 4.80. The average Bonchev–Trinajstić information content (AvgIpc) is 3.06. The number of carbonyl (C=O) groups excluding carboxylic acids is 3. The van der Waals surface area contributed by atoms with Gasteiger partial charge in [-0.05, 0) is 71.1 Å². The van der Waals surface area contributed by atoms with Crippen molar-refractivity contribution < 1.29 is 29.3 Å². The molecule has 0 aliphatic rings. The Kier molecular flexibility index (Phi) is 31.5. The number of allylic oxidation sites excluding steroid dienone is 4. The van der Waals surface area contributed by atoms with Gasteiger partial charge in [0.25, 0.3) is 5.60 Å². The molecule has 0 radical (unpaired) electrons. The van der Waals surface area contributed by atoms with Gasteiger partial charge in [0, 0.05) is 12.8 Å². The first-order chi connectivity index (χ1) is 22.9. The standard InChI is InChI=1S/C41H74O6/c1-4-6-8-10-12-14-16-18-20-22-24-26-28-30-32-34-38(44)41(37(3)43,39(45)36-42)47-40(46)35-33-31-29-27-25-23-21-19-17-15-13-11-9-7-5-2/h18-21,39,42,45H,4-17,22-36H2,1-3H3. The van der Waals surface area contributed by atoms with Gasteiger partial charge >= 0.3 is 5.97 Å². The number of carbonyl (C=O) groups is 3. The van der Waals surface area contributed by atoms with Crippen LogP contribution in [0.25, 0.3) is 0 Å². The van der Waals surface area contributed by atoms with Crippen molar-refractivity contribution in [3.8, 4) is 0 Å². The molecular weight excluding hydrogens is 588 g/mol. The van der Waals surface area contributed by atoms with E-state index in [9.17, 15) is 24.6 Å². The molecule has 0 aromatic carbocycles. The van der Waals surface area contributed by atoms with Crippen LogP contribution in [0.2, 0.25) is 0 Å². The lowest BCUT2D eigenvalue weighted by molar-refractivity contribution is -0.187. The highest BCUT2D eigenvalue weighted by Crippen LogP contribution is 2.25. The van der Waals surface area contributed by atoms with Crippen LogP contribution in [-0.4, -0.2) is 46.1 Å². The molecule has 0 aromatic rings. The molecule has 47 heavy (non-hydrogen) atoms. The maximum atomic E-state index is 13.2. The van der Waals surface area contributed by atoms with Crippen molar-refractivity contribution in [3.05, 3.63) is 24.3 Å². The Bertz CT molecular complexity index is 819. The van der Waals surface area contributed by atoms with Crippen molar-refractivity contribution in [2.45, 2.75) is 212 Å². The summed E-state index contributed by atoms with van der Waals surface area (Å²) in [5.41, 5.74) is -2.32. The predicted octanol–water partition coefficient (Wildman–Crippen LogP) is 10.9. The van der Waals surface area contributed by atoms with Gasteiger partial charge in [-0.2, -0.15) is 0 Å². The van der Waals surface area contributed by atoms with Crippen molar-refractivity contribution in [2.75, 3.05) is 6.61 Å². The Morgan fingerprint density at radius 1 is 0.553 bits per heavy atom. The number of aliphatic hydroxyl groups is 2. The number of esters is 1. The number of hydrogen-bond acceptors (Lipinski definition) is 6. The number of aliphatic hydroxyl groups excluding tert-OH is 2. The van der Waals surface area contributed by atoms with E-state index in [0.29, 0.717) is 12.8 Å². The minimum Gasteiger partial charge on any atom is -0.440 e. The zero-order chi connectivity index (χ0) is 34.9. The third-order valence-corrected chi connectivity index (χ3v) is 9.16. The molecule has 0 bridgehead atoms. The van der Waals surface area contributed by atoms with Gasteiger partial charge in [0.2, 0.25) is 0 Å². The summed E-state index contributed by atoms with van der Waals surface area (Å²) >= 11 is 0. The topological polar surface area (TPSA) is 101 Å². The number of ether oxygens (including phenoxy) is 1. The number of ketones is 2. The Morgan fingerprint density at radius 2 is 0.894 bits per heavy atom. The van der Waals surface area contributed by atoms with Gasteiger partial charge < -0.3 is 14.9 Å². The van der Waals surface area contributed by atoms with Gasteiger partial charge in [-0.25, -0.2) is 0 Å². The quantitative estimate of drug-likeness (QED) is 0.0303.